The van der Waals surface area contributed by atoms with Crippen LogP contribution in [0, 0.1) is 0 Å². The van der Waals surface area contributed by atoms with Crippen LogP contribution in [0.3, 0.4) is 0 Å². The van der Waals surface area contributed by atoms with E-state index in [9.17, 15) is 9.59 Å². The highest BCUT2D eigenvalue weighted by atomic mass is 16.2. The first-order valence-electron chi connectivity index (χ1n) is 10.1. The number of para-hydroxylation sites is 2. The summed E-state index contributed by atoms with van der Waals surface area (Å²) in [5.74, 6) is 1.69. The van der Waals surface area contributed by atoms with E-state index in [1.807, 2.05) is 42.5 Å². The third kappa shape index (κ3) is 3.52. The molecule has 8 nitrogen and oxygen atoms in total. The van der Waals surface area contributed by atoms with Crippen molar-refractivity contribution in [1.29, 1.82) is 0 Å². The molecule has 0 aliphatic carbocycles. The summed E-state index contributed by atoms with van der Waals surface area (Å²) in [6.45, 7) is 0.629. The maximum Gasteiger partial charge on any atom is 0.326 e. The van der Waals surface area contributed by atoms with Crippen molar-refractivity contribution in [2.45, 2.75) is 38.4 Å². The number of H-pyrrole nitrogens is 1. The van der Waals surface area contributed by atoms with Crippen molar-refractivity contribution in [3.05, 3.63) is 82.3 Å². The first-order valence-corrected chi connectivity index (χ1v) is 10.1. The molecule has 3 heterocycles. The molecular formula is C22H22N6O2. The molecule has 1 aliphatic heterocycles. The number of benzene rings is 2. The minimum Gasteiger partial charge on any atom is -0.350 e. The van der Waals surface area contributed by atoms with E-state index in [0.29, 0.717) is 13.0 Å². The molecule has 2 aromatic carbocycles. The Labute approximate surface area is 172 Å². The number of carbonyl (C=O) groups excluding carboxylic acids is 1. The molecule has 0 spiro atoms. The number of imidazole rings is 1. The Balaban J connectivity index is 1.28. The second kappa shape index (κ2) is 7.62. The molecule has 0 bridgehead atoms. The summed E-state index contributed by atoms with van der Waals surface area (Å²) in [5.41, 5.74) is 2.36. The molecule has 0 radical (unpaired) electrons. The Morgan fingerprint density at radius 2 is 1.90 bits per heavy atom. The Kier molecular flexibility index (Phi) is 4.66. The normalized spacial score (nSPS) is 15.8. The van der Waals surface area contributed by atoms with Crippen molar-refractivity contribution in [2.75, 3.05) is 0 Å². The zero-order valence-electron chi connectivity index (χ0n) is 16.4. The maximum absolute atomic E-state index is 12.7. The van der Waals surface area contributed by atoms with Crippen molar-refractivity contribution >= 4 is 16.9 Å². The molecule has 4 aromatic rings. The fourth-order valence-corrected chi connectivity index (χ4v) is 4.09. The zero-order valence-corrected chi connectivity index (χ0v) is 16.4. The Morgan fingerprint density at radius 1 is 1.10 bits per heavy atom. The lowest BCUT2D eigenvalue weighted by Crippen LogP contribution is -2.43. The molecule has 5 rings (SSSR count). The standard InChI is InChI=1S/C22H22N6O2/c29-21(14-27-18-9-5-4-8-17(18)24-22(27)30)23-16-10-11-19-25-26-20(28(19)13-16)12-15-6-2-1-3-7-15/h1-9,16H,10-14H2,(H,23,29)(H,24,30). The molecule has 0 saturated carbocycles. The van der Waals surface area contributed by atoms with Gasteiger partial charge < -0.3 is 14.9 Å². The average molecular weight is 402 g/mol. The van der Waals surface area contributed by atoms with Crippen molar-refractivity contribution in [3.63, 3.8) is 0 Å². The van der Waals surface area contributed by atoms with Gasteiger partial charge in [-0.2, -0.15) is 0 Å². The monoisotopic (exact) mass is 402 g/mol. The van der Waals surface area contributed by atoms with E-state index in [1.54, 1.807) is 0 Å². The fourth-order valence-electron chi connectivity index (χ4n) is 4.09. The summed E-state index contributed by atoms with van der Waals surface area (Å²) in [5, 5.41) is 11.8. The van der Waals surface area contributed by atoms with E-state index in [2.05, 4.69) is 37.2 Å². The number of hydrogen-bond donors (Lipinski definition) is 2. The zero-order chi connectivity index (χ0) is 20.5. The second-order valence-corrected chi connectivity index (χ2v) is 7.64. The predicted molar refractivity (Wildman–Crippen MR) is 112 cm³/mol. The third-order valence-electron chi connectivity index (χ3n) is 5.58. The van der Waals surface area contributed by atoms with Crippen LogP contribution < -0.4 is 11.0 Å². The lowest BCUT2D eigenvalue weighted by atomic mass is 10.1. The van der Waals surface area contributed by atoms with E-state index < -0.39 is 0 Å². The van der Waals surface area contributed by atoms with Crippen LogP contribution in [0.2, 0.25) is 0 Å². The highest BCUT2D eigenvalue weighted by Gasteiger charge is 2.24. The Hall–Kier alpha value is -3.68. The number of aromatic amines is 1. The molecule has 1 aliphatic rings. The molecule has 1 unspecified atom stereocenters. The lowest BCUT2D eigenvalue weighted by Gasteiger charge is -2.25. The minimum absolute atomic E-state index is 0.00868. The fraction of sp³-hybridized carbons (Fsp3) is 0.273. The Morgan fingerprint density at radius 3 is 2.77 bits per heavy atom. The van der Waals surface area contributed by atoms with Gasteiger partial charge in [0.2, 0.25) is 5.91 Å². The lowest BCUT2D eigenvalue weighted by molar-refractivity contribution is -0.122. The second-order valence-electron chi connectivity index (χ2n) is 7.64. The van der Waals surface area contributed by atoms with Crippen molar-refractivity contribution in [2.24, 2.45) is 0 Å². The van der Waals surface area contributed by atoms with Crippen LogP contribution in [0.1, 0.15) is 23.6 Å². The smallest absolute Gasteiger partial charge is 0.326 e. The SMILES string of the molecule is O=C(Cn1c(=O)[nH]c2ccccc21)NC1CCc2nnc(Cc3ccccc3)n2C1. The van der Waals surface area contributed by atoms with E-state index in [1.165, 1.54) is 10.1 Å². The van der Waals surface area contributed by atoms with Gasteiger partial charge in [0.1, 0.15) is 18.2 Å². The van der Waals surface area contributed by atoms with Crippen molar-refractivity contribution < 1.29 is 4.79 Å². The van der Waals surface area contributed by atoms with E-state index in [4.69, 9.17) is 0 Å². The van der Waals surface area contributed by atoms with Gasteiger partial charge in [-0.15, -0.1) is 10.2 Å². The van der Waals surface area contributed by atoms with E-state index in [0.717, 1.165) is 35.5 Å². The van der Waals surface area contributed by atoms with Crippen LogP contribution >= 0.6 is 0 Å². The number of nitrogens with one attached hydrogen (secondary N) is 2. The van der Waals surface area contributed by atoms with E-state index in [-0.39, 0.29) is 24.2 Å². The molecule has 30 heavy (non-hydrogen) atoms. The number of amides is 1. The van der Waals surface area contributed by atoms with Gasteiger partial charge in [-0.05, 0) is 24.1 Å². The first-order chi connectivity index (χ1) is 14.7. The molecule has 2 aromatic heterocycles. The van der Waals surface area contributed by atoms with E-state index >= 15 is 0 Å². The molecular weight excluding hydrogens is 380 g/mol. The number of nitrogens with zero attached hydrogens (tertiary/aromatic N) is 4. The highest BCUT2D eigenvalue weighted by Crippen LogP contribution is 2.17. The van der Waals surface area contributed by atoms with Gasteiger partial charge in [0, 0.05) is 25.4 Å². The van der Waals surface area contributed by atoms with Crippen molar-refractivity contribution in [1.82, 2.24) is 29.6 Å². The summed E-state index contributed by atoms with van der Waals surface area (Å²) in [6, 6.07) is 17.5. The molecule has 8 heteroatoms. The quantitative estimate of drug-likeness (QED) is 0.530. The molecule has 0 saturated heterocycles. The van der Waals surface area contributed by atoms with Crippen LogP contribution in [0.25, 0.3) is 11.0 Å². The predicted octanol–water partition coefficient (Wildman–Crippen LogP) is 1.64. The summed E-state index contributed by atoms with van der Waals surface area (Å²) in [4.78, 5) is 27.7. The molecule has 1 amide bonds. The van der Waals surface area contributed by atoms with Gasteiger partial charge in [0.15, 0.2) is 0 Å². The Bertz CT molecular complexity index is 1250. The van der Waals surface area contributed by atoms with Crippen LogP contribution in [0.4, 0.5) is 0 Å². The first kappa shape index (κ1) is 18.4. The maximum atomic E-state index is 12.7. The summed E-state index contributed by atoms with van der Waals surface area (Å²) in [7, 11) is 0. The van der Waals surface area contributed by atoms with Gasteiger partial charge in [-0.25, -0.2) is 4.79 Å². The summed E-state index contributed by atoms with van der Waals surface area (Å²) >= 11 is 0. The molecule has 1 atom stereocenters. The van der Waals surface area contributed by atoms with Crippen LogP contribution in [0.5, 0.6) is 0 Å². The molecule has 2 N–H and O–H groups in total. The highest BCUT2D eigenvalue weighted by molar-refractivity contribution is 5.80. The average Bonchev–Trinajstić information content (AvgIpc) is 3.29. The largest absolute Gasteiger partial charge is 0.350 e. The minimum atomic E-state index is -0.277. The van der Waals surface area contributed by atoms with Gasteiger partial charge in [0.25, 0.3) is 0 Å². The van der Waals surface area contributed by atoms with Gasteiger partial charge in [-0.1, -0.05) is 42.5 Å². The van der Waals surface area contributed by atoms with Gasteiger partial charge >= 0.3 is 5.69 Å². The van der Waals surface area contributed by atoms with Gasteiger partial charge in [-0.3, -0.25) is 9.36 Å². The number of aromatic nitrogens is 5. The molecule has 152 valence electrons. The topological polar surface area (TPSA) is 97.6 Å². The number of hydrogen-bond acceptors (Lipinski definition) is 4. The number of fused-ring (bicyclic) bond motifs is 2. The van der Waals surface area contributed by atoms with Crippen molar-refractivity contribution in [3.8, 4) is 0 Å². The van der Waals surface area contributed by atoms with Crippen LogP contribution in [-0.2, 0) is 30.7 Å². The van der Waals surface area contributed by atoms with Crippen LogP contribution in [0.15, 0.2) is 59.4 Å². The number of rotatable bonds is 5. The van der Waals surface area contributed by atoms with Gasteiger partial charge in [0.05, 0.1) is 11.0 Å². The third-order valence-corrected chi connectivity index (χ3v) is 5.58. The molecule has 0 fully saturated rings. The number of aryl methyl sites for hydroxylation is 1. The summed E-state index contributed by atoms with van der Waals surface area (Å²) in [6.07, 6.45) is 2.27. The summed E-state index contributed by atoms with van der Waals surface area (Å²) < 4.78 is 3.58. The number of carbonyl (C=O) groups is 1. The van der Waals surface area contributed by atoms with Crippen LogP contribution in [-0.4, -0.2) is 36.3 Å².